The Hall–Kier alpha value is -2.89. The first-order valence-electron chi connectivity index (χ1n) is 9.50. The highest BCUT2D eigenvalue weighted by molar-refractivity contribution is 5.96. The SMILES string of the molecule is Cc1cc(C)cc(C(=O)NCC(=O)N2CCN(c3ccccc3F)CC2C)c1. The van der Waals surface area contributed by atoms with Gasteiger partial charge < -0.3 is 15.1 Å². The molecule has 3 rings (SSSR count). The van der Waals surface area contributed by atoms with Gasteiger partial charge in [-0.05, 0) is 45.0 Å². The molecule has 0 spiro atoms. The Labute approximate surface area is 165 Å². The molecule has 6 heteroatoms. The molecule has 0 aromatic heterocycles. The van der Waals surface area contributed by atoms with Crippen LogP contribution in [0.5, 0.6) is 0 Å². The smallest absolute Gasteiger partial charge is 0.251 e. The average molecular weight is 383 g/mol. The lowest BCUT2D eigenvalue weighted by atomic mass is 10.1. The summed E-state index contributed by atoms with van der Waals surface area (Å²) in [5.41, 5.74) is 3.14. The predicted octanol–water partition coefficient (Wildman–Crippen LogP) is 2.91. The minimum atomic E-state index is -0.254. The fraction of sp³-hybridized carbons (Fsp3) is 0.364. The second kappa shape index (κ2) is 8.42. The van der Waals surface area contributed by atoms with Gasteiger partial charge in [-0.25, -0.2) is 4.39 Å². The highest BCUT2D eigenvalue weighted by Gasteiger charge is 2.28. The molecule has 1 saturated heterocycles. The monoisotopic (exact) mass is 383 g/mol. The molecule has 0 bridgehead atoms. The maximum absolute atomic E-state index is 14.0. The summed E-state index contributed by atoms with van der Waals surface area (Å²) in [7, 11) is 0. The van der Waals surface area contributed by atoms with Crippen LogP contribution in [0.15, 0.2) is 42.5 Å². The molecule has 1 N–H and O–H groups in total. The number of carbonyl (C=O) groups is 2. The molecule has 2 aromatic carbocycles. The Morgan fingerprint density at radius 2 is 1.79 bits per heavy atom. The van der Waals surface area contributed by atoms with Crippen molar-refractivity contribution in [2.45, 2.75) is 26.8 Å². The number of nitrogens with zero attached hydrogens (tertiary/aromatic N) is 2. The van der Waals surface area contributed by atoms with Crippen molar-refractivity contribution in [1.29, 1.82) is 0 Å². The molecule has 2 amide bonds. The van der Waals surface area contributed by atoms with Crippen molar-refractivity contribution in [2.24, 2.45) is 0 Å². The lowest BCUT2D eigenvalue weighted by Crippen LogP contribution is -2.56. The number of halogens is 1. The summed E-state index contributed by atoms with van der Waals surface area (Å²) < 4.78 is 14.0. The quantitative estimate of drug-likeness (QED) is 0.883. The summed E-state index contributed by atoms with van der Waals surface area (Å²) in [6.45, 7) is 7.37. The number of piperazine rings is 1. The third-order valence-electron chi connectivity index (χ3n) is 5.03. The topological polar surface area (TPSA) is 52.7 Å². The molecule has 5 nitrogen and oxygen atoms in total. The highest BCUT2D eigenvalue weighted by Crippen LogP contribution is 2.22. The molecule has 1 heterocycles. The van der Waals surface area contributed by atoms with Crippen LogP contribution >= 0.6 is 0 Å². The molecular weight excluding hydrogens is 357 g/mol. The van der Waals surface area contributed by atoms with E-state index in [4.69, 9.17) is 0 Å². The number of anilines is 1. The molecule has 1 aliphatic heterocycles. The zero-order chi connectivity index (χ0) is 20.3. The number of amides is 2. The van der Waals surface area contributed by atoms with Crippen molar-refractivity contribution < 1.29 is 14.0 Å². The van der Waals surface area contributed by atoms with Gasteiger partial charge in [-0.1, -0.05) is 29.3 Å². The van der Waals surface area contributed by atoms with Crippen molar-refractivity contribution in [3.8, 4) is 0 Å². The van der Waals surface area contributed by atoms with Gasteiger partial charge in [-0.2, -0.15) is 0 Å². The first-order chi connectivity index (χ1) is 13.3. The standard InChI is InChI=1S/C22H26FN3O2/c1-15-10-16(2)12-18(11-15)22(28)24-13-21(27)26-9-8-25(14-17(26)3)20-7-5-4-6-19(20)23/h4-7,10-12,17H,8-9,13-14H2,1-3H3,(H,24,28). The van der Waals surface area contributed by atoms with E-state index < -0.39 is 0 Å². The zero-order valence-corrected chi connectivity index (χ0v) is 16.5. The number of benzene rings is 2. The van der Waals surface area contributed by atoms with Crippen molar-refractivity contribution in [3.63, 3.8) is 0 Å². The van der Waals surface area contributed by atoms with Crippen LogP contribution in [0.3, 0.4) is 0 Å². The second-order valence-corrected chi connectivity index (χ2v) is 7.39. The minimum Gasteiger partial charge on any atom is -0.365 e. The minimum absolute atomic E-state index is 0.0458. The molecule has 1 fully saturated rings. The third-order valence-corrected chi connectivity index (χ3v) is 5.03. The van der Waals surface area contributed by atoms with Gasteiger partial charge >= 0.3 is 0 Å². The van der Waals surface area contributed by atoms with Crippen LogP contribution in [-0.4, -0.2) is 48.9 Å². The van der Waals surface area contributed by atoms with Crippen LogP contribution in [0.25, 0.3) is 0 Å². The summed E-state index contributed by atoms with van der Waals surface area (Å²) in [6, 6.07) is 12.2. The van der Waals surface area contributed by atoms with Crippen LogP contribution in [0.1, 0.15) is 28.4 Å². The molecular formula is C22H26FN3O2. The Morgan fingerprint density at radius 1 is 1.11 bits per heavy atom. The number of nitrogens with one attached hydrogen (secondary N) is 1. The van der Waals surface area contributed by atoms with Gasteiger partial charge in [-0.15, -0.1) is 0 Å². The average Bonchev–Trinajstić information content (AvgIpc) is 2.65. The number of para-hydroxylation sites is 1. The van der Waals surface area contributed by atoms with E-state index in [9.17, 15) is 14.0 Å². The number of aryl methyl sites for hydroxylation is 2. The van der Waals surface area contributed by atoms with E-state index in [0.717, 1.165) is 11.1 Å². The summed E-state index contributed by atoms with van der Waals surface area (Å²) in [6.07, 6.45) is 0. The lowest BCUT2D eigenvalue weighted by Gasteiger charge is -2.41. The van der Waals surface area contributed by atoms with Gasteiger partial charge in [0.05, 0.1) is 12.2 Å². The summed E-state index contributed by atoms with van der Waals surface area (Å²) >= 11 is 0. The van der Waals surface area contributed by atoms with Crippen molar-refractivity contribution in [2.75, 3.05) is 31.1 Å². The normalized spacial score (nSPS) is 16.8. The van der Waals surface area contributed by atoms with E-state index >= 15 is 0 Å². The van der Waals surface area contributed by atoms with Gasteiger partial charge in [-0.3, -0.25) is 9.59 Å². The summed E-state index contributed by atoms with van der Waals surface area (Å²) in [5, 5.41) is 2.72. The van der Waals surface area contributed by atoms with Crippen LogP contribution in [-0.2, 0) is 4.79 Å². The molecule has 148 valence electrons. The van der Waals surface area contributed by atoms with Crippen LogP contribution in [0, 0.1) is 19.7 Å². The number of rotatable bonds is 4. The number of hydrogen-bond acceptors (Lipinski definition) is 3. The van der Waals surface area contributed by atoms with Crippen molar-refractivity contribution >= 4 is 17.5 Å². The Morgan fingerprint density at radius 3 is 2.43 bits per heavy atom. The van der Waals surface area contributed by atoms with E-state index in [1.54, 1.807) is 17.0 Å². The van der Waals surface area contributed by atoms with E-state index in [0.29, 0.717) is 30.9 Å². The maximum Gasteiger partial charge on any atom is 0.251 e. The second-order valence-electron chi connectivity index (χ2n) is 7.39. The van der Waals surface area contributed by atoms with Gasteiger partial charge in [0.2, 0.25) is 5.91 Å². The molecule has 0 radical (unpaired) electrons. The molecule has 1 atom stereocenters. The Bertz CT molecular complexity index is 864. The van der Waals surface area contributed by atoms with Gasteiger partial charge in [0.25, 0.3) is 5.91 Å². The molecule has 1 unspecified atom stereocenters. The summed E-state index contributed by atoms with van der Waals surface area (Å²) in [5.74, 6) is -0.633. The van der Waals surface area contributed by atoms with Gasteiger partial charge in [0, 0.05) is 31.2 Å². The maximum atomic E-state index is 14.0. The van der Waals surface area contributed by atoms with E-state index in [2.05, 4.69) is 5.32 Å². The number of hydrogen-bond donors (Lipinski definition) is 1. The van der Waals surface area contributed by atoms with Crippen molar-refractivity contribution in [3.05, 3.63) is 65.0 Å². The molecule has 0 saturated carbocycles. The molecule has 2 aromatic rings. The fourth-order valence-electron chi connectivity index (χ4n) is 3.72. The Balaban J connectivity index is 1.57. The van der Waals surface area contributed by atoms with E-state index in [1.807, 2.05) is 49.9 Å². The zero-order valence-electron chi connectivity index (χ0n) is 16.5. The van der Waals surface area contributed by atoms with Gasteiger partial charge in [0.15, 0.2) is 0 Å². The van der Waals surface area contributed by atoms with Crippen LogP contribution in [0.4, 0.5) is 10.1 Å². The number of carbonyl (C=O) groups excluding carboxylic acids is 2. The summed E-state index contributed by atoms with van der Waals surface area (Å²) in [4.78, 5) is 28.7. The Kier molecular flexibility index (Phi) is 5.97. The third kappa shape index (κ3) is 4.50. The largest absolute Gasteiger partial charge is 0.365 e. The van der Waals surface area contributed by atoms with E-state index in [-0.39, 0.29) is 30.2 Å². The van der Waals surface area contributed by atoms with E-state index in [1.165, 1.54) is 6.07 Å². The van der Waals surface area contributed by atoms with Crippen LogP contribution in [0.2, 0.25) is 0 Å². The molecule has 1 aliphatic rings. The molecule has 0 aliphatic carbocycles. The first-order valence-corrected chi connectivity index (χ1v) is 9.50. The predicted molar refractivity (Wildman–Crippen MR) is 108 cm³/mol. The fourth-order valence-corrected chi connectivity index (χ4v) is 3.72. The van der Waals surface area contributed by atoms with Gasteiger partial charge in [0.1, 0.15) is 5.82 Å². The first kappa shape index (κ1) is 19.9. The van der Waals surface area contributed by atoms with Crippen LogP contribution < -0.4 is 10.2 Å². The molecule has 28 heavy (non-hydrogen) atoms. The highest BCUT2D eigenvalue weighted by atomic mass is 19.1. The lowest BCUT2D eigenvalue weighted by molar-refractivity contribution is -0.132. The van der Waals surface area contributed by atoms with Crippen molar-refractivity contribution in [1.82, 2.24) is 10.2 Å².